The fourth-order valence-corrected chi connectivity index (χ4v) is 2.74. The Morgan fingerprint density at radius 3 is 1.17 bits per heavy atom. The molecule has 0 bridgehead atoms. The Balaban J connectivity index is 4.82. The van der Waals surface area contributed by atoms with E-state index in [1.165, 1.54) is 0 Å². The molecule has 0 rings (SSSR count). The maximum atomic E-state index is 10.2. The van der Waals surface area contributed by atoms with Gasteiger partial charge in [-0.2, -0.15) is 0 Å². The first-order valence-corrected chi connectivity index (χ1v) is 7.78. The molecule has 1 unspecified atom stereocenters. The summed E-state index contributed by atoms with van der Waals surface area (Å²) in [5.74, 6) is 0. The SMILES string of the molecule is CCCN(CCC)C(C(C)O)N(CCC)CCC. The fraction of sp³-hybridized carbons (Fsp3) is 1.00. The summed E-state index contributed by atoms with van der Waals surface area (Å²) in [6, 6.07) is 0. The predicted molar refractivity (Wildman–Crippen MR) is 79.8 cm³/mol. The van der Waals surface area contributed by atoms with Crippen molar-refractivity contribution in [3.05, 3.63) is 0 Å². The van der Waals surface area contributed by atoms with Crippen molar-refractivity contribution in [2.24, 2.45) is 0 Å². The highest BCUT2D eigenvalue weighted by Crippen LogP contribution is 2.14. The van der Waals surface area contributed by atoms with Crippen LogP contribution in [0.5, 0.6) is 0 Å². The van der Waals surface area contributed by atoms with E-state index in [4.69, 9.17) is 0 Å². The van der Waals surface area contributed by atoms with E-state index in [0.29, 0.717) is 0 Å². The van der Waals surface area contributed by atoms with Crippen molar-refractivity contribution < 1.29 is 5.11 Å². The standard InChI is InChI=1S/C15H34N2O/c1-6-10-16(11-7-2)15(14(5)18)17(12-8-3)13-9-4/h14-15,18H,6-13H2,1-5H3. The largest absolute Gasteiger partial charge is 0.390 e. The summed E-state index contributed by atoms with van der Waals surface area (Å²) >= 11 is 0. The summed E-state index contributed by atoms with van der Waals surface area (Å²) in [7, 11) is 0. The van der Waals surface area contributed by atoms with Crippen molar-refractivity contribution in [1.82, 2.24) is 9.80 Å². The zero-order valence-electron chi connectivity index (χ0n) is 13.2. The highest BCUT2D eigenvalue weighted by molar-refractivity contribution is 4.77. The summed E-state index contributed by atoms with van der Waals surface area (Å²) in [5, 5.41) is 10.2. The molecule has 0 spiro atoms. The van der Waals surface area contributed by atoms with E-state index in [9.17, 15) is 5.11 Å². The molecule has 0 fully saturated rings. The molecule has 0 aliphatic rings. The predicted octanol–water partition coefficient (Wildman–Crippen LogP) is 2.94. The number of hydrogen-bond acceptors (Lipinski definition) is 3. The van der Waals surface area contributed by atoms with Crippen LogP contribution in [0.25, 0.3) is 0 Å². The van der Waals surface area contributed by atoms with Crippen LogP contribution < -0.4 is 0 Å². The Labute approximate surface area is 114 Å². The van der Waals surface area contributed by atoms with Gasteiger partial charge in [0.05, 0.1) is 12.3 Å². The summed E-state index contributed by atoms with van der Waals surface area (Å²) < 4.78 is 0. The Morgan fingerprint density at radius 1 is 0.722 bits per heavy atom. The normalized spacial score (nSPS) is 13.8. The van der Waals surface area contributed by atoms with Gasteiger partial charge in [-0.05, 0) is 58.8 Å². The second kappa shape index (κ2) is 10.8. The molecule has 0 aliphatic heterocycles. The summed E-state index contributed by atoms with van der Waals surface area (Å²) in [5.41, 5.74) is 0. The third-order valence-corrected chi connectivity index (χ3v) is 3.22. The smallest absolute Gasteiger partial charge is 0.0887 e. The van der Waals surface area contributed by atoms with Crippen LogP contribution in [0.4, 0.5) is 0 Å². The van der Waals surface area contributed by atoms with Crippen molar-refractivity contribution >= 4 is 0 Å². The molecule has 1 atom stereocenters. The highest BCUT2D eigenvalue weighted by Gasteiger charge is 2.27. The highest BCUT2D eigenvalue weighted by atomic mass is 16.3. The fourth-order valence-electron chi connectivity index (χ4n) is 2.74. The average molecular weight is 258 g/mol. The zero-order chi connectivity index (χ0) is 14.0. The van der Waals surface area contributed by atoms with Crippen LogP contribution in [0.15, 0.2) is 0 Å². The Bertz CT molecular complexity index is 157. The summed E-state index contributed by atoms with van der Waals surface area (Å²) in [4.78, 5) is 4.91. The number of aliphatic hydroxyl groups is 1. The van der Waals surface area contributed by atoms with Gasteiger partial charge >= 0.3 is 0 Å². The van der Waals surface area contributed by atoms with Crippen molar-refractivity contribution in [2.45, 2.75) is 72.6 Å². The molecule has 0 heterocycles. The second-order valence-electron chi connectivity index (χ2n) is 5.23. The molecule has 0 saturated heterocycles. The van der Waals surface area contributed by atoms with Gasteiger partial charge in [0.2, 0.25) is 0 Å². The lowest BCUT2D eigenvalue weighted by atomic mass is 10.2. The first-order chi connectivity index (χ1) is 8.62. The summed E-state index contributed by atoms with van der Waals surface area (Å²) in [6.07, 6.45) is 4.49. The maximum Gasteiger partial charge on any atom is 0.0887 e. The molecular formula is C15H34N2O. The molecular weight excluding hydrogens is 224 g/mol. The molecule has 0 radical (unpaired) electrons. The van der Waals surface area contributed by atoms with Crippen molar-refractivity contribution in [3.8, 4) is 0 Å². The lowest BCUT2D eigenvalue weighted by Crippen LogP contribution is -2.55. The van der Waals surface area contributed by atoms with E-state index in [2.05, 4.69) is 37.5 Å². The minimum absolute atomic E-state index is 0.185. The van der Waals surface area contributed by atoms with E-state index in [1.807, 2.05) is 6.92 Å². The number of aliphatic hydroxyl groups excluding tert-OH is 1. The number of nitrogens with zero attached hydrogens (tertiary/aromatic N) is 2. The van der Waals surface area contributed by atoms with E-state index < -0.39 is 0 Å². The molecule has 0 aromatic rings. The van der Waals surface area contributed by atoms with Crippen molar-refractivity contribution in [2.75, 3.05) is 26.2 Å². The first-order valence-electron chi connectivity index (χ1n) is 7.78. The maximum absolute atomic E-state index is 10.2. The van der Waals surface area contributed by atoms with Gasteiger partial charge in [0.15, 0.2) is 0 Å². The molecule has 18 heavy (non-hydrogen) atoms. The minimum atomic E-state index is -0.291. The molecule has 0 aromatic carbocycles. The van der Waals surface area contributed by atoms with Crippen LogP contribution in [-0.4, -0.2) is 53.4 Å². The van der Waals surface area contributed by atoms with Gasteiger partial charge in [0.1, 0.15) is 0 Å². The van der Waals surface area contributed by atoms with Crippen molar-refractivity contribution in [3.63, 3.8) is 0 Å². The lowest BCUT2D eigenvalue weighted by molar-refractivity contribution is -0.0405. The van der Waals surface area contributed by atoms with Gasteiger partial charge in [-0.25, -0.2) is 0 Å². The Hall–Kier alpha value is -0.120. The van der Waals surface area contributed by atoms with Crippen LogP contribution in [0.1, 0.15) is 60.3 Å². The second-order valence-corrected chi connectivity index (χ2v) is 5.23. The Morgan fingerprint density at radius 2 is 1.00 bits per heavy atom. The topological polar surface area (TPSA) is 26.7 Å². The quantitative estimate of drug-likeness (QED) is 0.577. The molecule has 3 nitrogen and oxygen atoms in total. The molecule has 3 heteroatoms. The van der Waals surface area contributed by atoms with Crippen LogP contribution in [0, 0.1) is 0 Å². The third-order valence-electron chi connectivity index (χ3n) is 3.22. The number of rotatable bonds is 11. The molecule has 0 saturated carbocycles. The van der Waals surface area contributed by atoms with E-state index in [1.54, 1.807) is 0 Å². The van der Waals surface area contributed by atoms with E-state index in [0.717, 1.165) is 51.9 Å². The van der Waals surface area contributed by atoms with E-state index in [-0.39, 0.29) is 12.3 Å². The van der Waals surface area contributed by atoms with Crippen LogP contribution in [0.3, 0.4) is 0 Å². The monoisotopic (exact) mass is 258 g/mol. The Kier molecular flexibility index (Phi) is 10.7. The van der Waals surface area contributed by atoms with Crippen LogP contribution in [0.2, 0.25) is 0 Å². The summed E-state index contributed by atoms with van der Waals surface area (Å²) in [6.45, 7) is 15.1. The third kappa shape index (κ3) is 6.17. The minimum Gasteiger partial charge on any atom is -0.390 e. The molecule has 110 valence electrons. The van der Waals surface area contributed by atoms with Crippen molar-refractivity contribution in [1.29, 1.82) is 0 Å². The van der Waals surface area contributed by atoms with Crippen LogP contribution in [-0.2, 0) is 0 Å². The van der Waals surface area contributed by atoms with Gasteiger partial charge < -0.3 is 5.11 Å². The van der Waals surface area contributed by atoms with Gasteiger partial charge in [-0.1, -0.05) is 27.7 Å². The lowest BCUT2D eigenvalue weighted by Gasteiger charge is -2.41. The van der Waals surface area contributed by atoms with Gasteiger partial charge in [0, 0.05) is 0 Å². The average Bonchev–Trinajstić information content (AvgIpc) is 2.30. The zero-order valence-corrected chi connectivity index (χ0v) is 13.2. The number of hydrogen-bond donors (Lipinski definition) is 1. The van der Waals surface area contributed by atoms with Gasteiger partial charge in [-0.3, -0.25) is 9.80 Å². The molecule has 0 aromatic heterocycles. The first kappa shape index (κ1) is 17.9. The molecule has 0 aliphatic carbocycles. The van der Waals surface area contributed by atoms with Crippen LogP contribution >= 0.6 is 0 Å². The van der Waals surface area contributed by atoms with Gasteiger partial charge in [-0.15, -0.1) is 0 Å². The van der Waals surface area contributed by atoms with E-state index >= 15 is 0 Å². The molecule has 1 N–H and O–H groups in total. The molecule has 0 amide bonds. The van der Waals surface area contributed by atoms with Gasteiger partial charge in [0.25, 0.3) is 0 Å².